The van der Waals surface area contributed by atoms with Crippen molar-refractivity contribution >= 4 is 42.0 Å². The summed E-state index contributed by atoms with van der Waals surface area (Å²) in [6, 6.07) is 0. The maximum atomic E-state index is 0. The SMILES string of the molecule is Cl.F.F.[NaH]. The second-order valence-electron chi connectivity index (χ2n) is 0. The molecule has 0 bridgehead atoms. The fraction of sp³-hybridized carbons (Fsp3) is 0. The molecule has 0 saturated heterocycles. The number of rotatable bonds is 0. The first-order valence-corrected chi connectivity index (χ1v) is 0. The van der Waals surface area contributed by atoms with Crippen LogP contribution in [-0.2, 0) is 0 Å². The minimum atomic E-state index is 0. The van der Waals surface area contributed by atoms with E-state index in [2.05, 4.69) is 0 Å². The molecular formula is H4ClF2Na. The van der Waals surface area contributed by atoms with Crippen molar-refractivity contribution in [3.05, 3.63) is 0 Å². The number of halogens is 3. The van der Waals surface area contributed by atoms with Gasteiger partial charge in [0.1, 0.15) is 0 Å². The van der Waals surface area contributed by atoms with Crippen molar-refractivity contribution in [2.24, 2.45) is 0 Å². The predicted molar refractivity (Wildman–Crippen MR) is 19.4 cm³/mol. The summed E-state index contributed by atoms with van der Waals surface area (Å²) in [6.45, 7) is 0. The Bertz CT molecular complexity index is 6.00. The molecule has 0 spiro atoms. The molecule has 0 N–H and O–H groups in total. The summed E-state index contributed by atoms with van der Waals surface area (Å²) in [5, 5.41) is 0. The first kappa shape index (κ1) is 67.1. The summed E-state index contributed by atoms with van der Waals surface area (Å²) in [6.07, 6.45) is 0. The summed E-state index contributed by atoms with van der Waals surface area (Å²) >= 11 is 0. The Hall–Kier alpha value is 1.15. The van der Waals surface area contributed by atoms with Crippen molar-refractivity contribution in [1.82, 2.24) is 0 Å². The molecule has 0 radical (unpaired) electrons. The van der Waals surface area contributed by atoms with Crippen LogP contribution >= 0.6 is 12.4 Å². The number of hydrogen-bond acceptors (Lipinski definition) is 0. The van der Waals surface area contributed by atoms with Gasteiger partial charge in [-0.25, -0.2) is 0 Å². The Kier molecular flexibility index (Phi) is 522. The second kappa shape index (κ2) is 31.1. The van der Waals surface area contributed by atoms with Gasteiger partial charge >= 0.3 is 29.6 Å². The van der Waals surface area contributed by atoms with E-state index in [0.717, 1.165) is 0 Å². The van der Waals surface area contributed by atoms with Gasteiger partial charge in [0, 0.05) is 0 Å². The van der Waals surface area contributed by atoms with Crippen molar-refractivity contribution in [1.29, 1.82) is 0 Å². The monoisotopic (exact) mass is 100.0 g/mol. The molecule has 0 rings (SSSR count). The maximum absolute atomic E-state index is 0. The zero-order valence-corrected chi connectivity index (χ0v) is 2.04. The van der Waals surface area contributed by atoms with Crippen LogP contribution in [0.3, 0.4) is 0 Å². The van der Waals surface area contributed by atoms with Gasteiger partial charge < -0.3 is 0 Å². The Morgan fingerprint density at radius 1 is 0.750 bits per heavy atom. The van der Waals surface area contributed by atoms with Crippen molar-refractivity contribution in [3.8, 4) is 0 Å². The van der Waals surface area contributed by atoms with Gasteiger partial charge in [-0.2, -0.15) is 0 Å². The van der Waals surface area contributed by atoms with E-state index in [1.54, 1.807) is 0 Å². The molecule has 0 aromatic rings. The van der Waals surface area contributed by atoms with Crippen LogP contribution in [-0.4, -0.2) is 29.6 Å². The number of hydrogen-bond donors (Lipinski definition) is 0. The summed E-state index contributed by atoms with van der Waals surface area (Å²) in [4.78, 5) is 0. The van der Waals surface area contributed by atoms with E-state index in [1.807, 2.05) is 0 Å². The van der Waals surface area contributed by atoms with Crippen LogP contribution in [0.15, 0.2) is 0 Å². The summed E-state index contributed by atoms with van der Waals surface area (Å²) in [7, 11) is 0. The predicted octanol–water partition coefficient (Wildman–Crippen LogP) is 0.0783. The fourth-order valence-corrected chi connectivity index (χ4v) is 0. The van der Waals surface area contributed by atoms with Crippen LogP contribution in [0.25, 0.3) is 0 Å². The average molecular weight is 100 g/mol. The summed E-state index contributed by atoms with van der Waals surface area (Å²) in [5.41, 5.74) is 0. The Balaban J connectivity index is 0. The van der Waals surface area contributed by atoms with Crippen molar-refractivity contribution in [2.75, 3.05) is 0 Å². The van der Waals surface area contributed by atoms with Crippen LogP contribution in [0.2, 0.25) is 0 Å². The van der Waals surface area contributed by atoms with Crippen LogP contribution in [0, 0.1) is 0 Å². The van der Waals surface area contributed by atoms with E-state index in [0.29, 0.717) is 0 Å². The van der Waals surface area contributed by atoms with Crippen LogP contribution < -0.4 is 0 Å². The molecule has 0 atom stereocenters. The van der Waals surface area contributed by atoms with E-state index < -0.39 is 0 Å². The van der Waals surface area contributed by atoms with Gasteiger partial charge in [-0.3, -0.25) is 9.41 Å². The molecule has 0 aliphatic heterocycles. The van der Waals surface area contributed by atoms with Crippen LogP contribution in [0.1, 0.15) is 0 Å². The topological polar surface area (TPSA) is 0 Å². The molecule has 0 fully saturated rings. The fourth-order valence-electron chi connectivity index (χ4n) is 0. The molecule has 0 aromatic heterocycles. The summed E-state index contributed by atoms with van der Waals surface area (Å²) in [5.74, 6) is 0. The molecule has 0 heterocycles. The van der Waals surface area contributed by atoms with Gasteiger partial charge in [0.2, 0.25) is 0 Å². The molecule has 0 aromatic carbocycles. The molecule has 4 heteroatoms. The van der Waals surface area contributed by atoms with Crippen LogP contribution in [0.4, 0.5) is 9.41 Å². The third kappa shape index (κ3) is 11.0. The van der Waals surface area contributed by atoms with E-state index in [4.69, 9.17) is 0 Å². The van der Waals surface area contributed by atoms with E-state index in [9.17, 15) is 0 Å². The van der Waals surface area contributed by atoms with Gasteiger partial charge in [-0.15, -0.1) is 12.4 Å². The van der Waals surface area contributed by atoms with Crippen molar-refractivity contribution in [3.63, 3.8) is 0 Å². The molecule has 26 valence electrons. The zero-order chi connectivity index (χ0) is 0. The molecule has 0 nitrogen and oxygen atoms in total. The first-order chi connectivity index (χ1) is 0. The zero-order valence-electron chi connectivity index (χ0n) is 1.22. The Labute approximate surface area is 51.4 Å². The minimum absolute atomic E-state index is 0. The van der Waals surface area contributed by atoms with Gasteiger partial charge in [-0.05, 0) is 0 Å². The van der Waals surface area contributed by atoms with E-state index in [1.165, 1.54) is 0 Å². The Morgan fingerprint density at radius 2 is 0.750 bits per heavy atom. The first-order valence-electron chi connectivity index (χ1n) is 0. The van der Waals surface area contributed by atoms with Crippen LogP contribution in [0.5, 0.6) is 0 Å². The molecule has 0 saturated carbocycles. The summed E-state index contributed by atoms with van der Waals surface area (Å²) < 4.78 is 0. The van der Waals surface area contributed by atoms with Crippen molar-refractivity contribution < 1.29 is 9.41 Å². The average Bonchev–Trinajstić information content (AvgIpc) is 0. The molecule has 4 heavy (non-hydrogen) atoms. The third-order valence-corrected chi connectivity index (χ3v) is 0. The van der Waals surface area contributed by atoms with Gasteiger partial charge in [0.15, 0.2) is 0 Å². The molecule has 0 aliphatic rings. The third-order valence-electron chi connectivity index (χ3n) is 0. The molecule has 0 unspecified atom stereocenters. The Morgan fingerprint density at radius 3 is 0.750 bits per heavy atom. The van der Waals surface area contributed by atoms with E-state index in [-0.39, 0.29) is 51.4 Å². The van der Waals surface area contributed by atoms with Gasteiger partial charge in [0.25, 0.3) is 0 Å². The standard InChI is InChI=1S/ClH.2FH.Na.H/h3*1H;;. The molecule has 0 amide bonds. The second-order valence-corrected chi connectivity index (χ2v) is 0. The molecular weight excluding hydrogens is 96.4 g/mol. The molecule has 0 aliphatic carbocycles. The normalized spacial score (nSPS) is 0. The quantitative estimate of drug-likeness (QED) is 0.378. The van der Waals surface area contributed by atoms with Crippen molar-refractivity contribution in [2.45, 2.75) is 0 Å². The van der Waals surface area contributed by atoms with Gasteiger partial charge in [-0.1, -0.05) is 0 Å². The van der Waals surface area contributed by atoms with E-state index >= 15 is 0 Å². The van der Waals surface area contributed by atoms with Gasteiger partial charge in [0.05, 0.1) is 0 Å².